The predicted octanol–water partition coefficient (Wildman–Crippen LogP) is -1.17. The minimum Gasteiger partial charge on any atom is -0.366 e. The van der Waals surface area contributed by atoms with Gasteiger partial charge >= 0.3 is 6.03 Å². The van der Waals surface area contributed by atoms with Gasteiger partial charge in [-0.25, -0.2) is 4.79 Å². The third kappa shape index (κ3) is 2.75. The van der Waals surface area contributed by atoms with E-state index in [4.69, 9.17) is 5.73 Å². The fourth-order valence-corrected chi connectivity index (χ4v) is 1.90. The smallest absolute Gasteiger partial charge is 0.319 e. The predicted molar refractivity (Wildman–Crippen MR) is 67.4 cm³/mol. The number of nitrogens with two attached hydrogens (primary N) is 1. The third-order valence-electron chi connectivity index (χ3n) is 2.93. The van der Waals surface area contributed by atoms with Crippen molar-refractivity contribution in [1.29, 1.82) is 0 Å². The lowest BCUT2D eigenvalue weighted by Crippen LogP contribution is -2.53. The van der Waals surface area contributed by atoms with Crippen LogP contribution >= 0.6 is 0 Å². The summed E-state index contributed by atoms with van der Waals surface area (Å²) in [6.07, 6.45) is 0. The quantitative estimate of drug-likeness (QED) is 0.665. The van der Waals surface area contributed by atoms with Gasteiger partial charge in [-0.15, -0.1) is 5.10 Å². The first-order valence-electron chi connectivity index (χ1n) is 5.92. The van der Waals surface area contributed by atoms with Crippen LogP contribution in [0.15, 0.2) is 0 Å². The number of urea groups is 1. The van der Waals surface area contributed by atoms with E-state index in [2.05, 4.69) is 15.2 Å². The van der Waals surface area contributed by atoms with Gasteiger partial charge in [-0.1, -0.05) is 0 Å². The number of nitrogen functional groups attached to an aromatic ring is 1. The highest BCUT2D eigenvalue weighted by Crippen LogP contribution is 2.07. The highest BCUT2D eigenvalue weighted by Gasteiger charge is 2.26. The lowest BCUT2D eigenvalue weighted by atomic mass is 10.3. The van der Waals surface area contributed by atoms with Crippen molar-refractivity contribution in [2.24, 2.45) is 0 Å². The number of amides is 3. The molecule has 0 spiro atoms. The molecular formula is C10H17N7O2. The number of rotatable bonds is 1. The summed E-state index contributed by atoms with van der Waals surface area (Å²) < 4.78 is 0. The Kier molecular flexibility index (Phi) is 3.54. The van der Waals surface area contributed by atoms with Gasteiger partial charge in [-0.3, -0.25) is 9.89 Å². The molecule has 0 saturated carbocycles. The molecule has 0 atom stereocenters. The van der Waals surface area contributed by atoms with E-state index in [-0.39, 0.29) is 23.7 Å². The number of carbonyl (C=O) groups is 2. The van der Waals surface area contributed by atoms with Crippen LogP contribution in [0.3, 0.4) is 0 Å². The number of hydrogen-bond acceptors (Lipinski definition) is 5. The van der Waals surface area contributed by atoms with Crippen molar-refractivity contribution in [3.05, 3.63) is 5.82 Å². The van der Waals surface area contributed by atoms with E-state index in [1.54, 1.807) is 23.9 Å². The summed E-state index contributed by atoms with van der Waals surface area (Å²) in [7, 11) is 3.41. The van der Waals surface area contributed by atoms with Gasteiger partial charge in [-0.05, 0) is 0 Å². The molecule has 3 amide bonds. The lowest BCUT2D eigenvalue weighted by molar-refractivity contribution is 0.0639. The molecule has 0 radical (unpaired) electrons. The van der Waals surface area contributed by atoms with Crippen molar-refractivity contribution in [3.8, 4) is 0 Å². The van der Waals surface area contributed by atoms with E-state index in [0.717, 1.165) is 0 Å². The van der Waals surface area contributed by atoms with Gasteiger partial charge in [-0.2, -0.15) is 4.98 Å². The van der Waals surface area contributed by atoms with Gasteiger partial charge in [0.05, 0.1) is 0 Å². The minimum atomic E-state index is -0.249. The third-order valence-corrected chi connectivity index (χ3v) is 2.93. The Morgan fingerprint density at radius 3 is 2.26 bits per heavy atom. The van der Waals surface area contributed by atoms with Crippen molar-refractivity contribution >= 4 is 17.9 Å². The van der Waals surface area contributed by atoms with Crippen LogP contribution in [-0.4, -0.2) is 82.1 Å². The number of aromatic amines is 1. The van der Waals surface area contributed by atoms with Gasteiger partial charge in [0.2, 0.25) is 11.8 Å². The Morgan fingerprint density at radius 2 is 1.79 bits per heavy atom. The summed E-state index contributed by atoms with van der Waals surface area (Å²) in [4.78, 5) is 32.5. The summed E-state index contributed by atoms with van der Waals surface area (Å²) in [6, 6.07) is -0.0454. The standard InChI is InChI=1S/C10H17N7O2/c1-15(2)10(19)17-5-3-16(4-6-17)8(18)7-12-9(11)14-13-7/h3-6H2,1-2H3,(H3,11,12,13,14). The zero-order chi connectivity index (χ0) is 14.0. The van der Waals surface area contributed by atoms with E-state index in [1.807, 2.05) is 0 Å². The first kappa shape index (κ1) is 13.1. The molecule has 9 heteroatoms. The Hall–Kier alpha value is -2.32. The highest BCUT2D eigenvalue weighted by atomic mass is 16.2. The van der Waals surface area contributed by atoms with Crippen LogP contribution in [-0.2, 0) is 0 Å². The number of hydrogen-bond donors (Lipinski definition) is 2. The van der Waals surface area contributed by atoms with E-state index in [9.17, 15) is 9.59 Å². The molecule has 2 rings (SSSR count). The zero-order valence-corrected chi connectivity index (χ0v) is 11.0. The molecule has 1 aromatic rings. The molecule has 0 aromatic carbocycles. The number of aromatic nitrogens is 3. The van der Waals surface area contributed by atoms with Crippen LogP contribution in [0.2, 0.25) is 0 Å². The largest absolute Gasteiger partial charge is 0.366 e. The van der Waals surface area contributed by atoms with Gasteiger partial charge in [0.1, 0.15) is 0 Å². The minimum absolute atomic E-state index is 0.0454. The number of anilines is 1. The van der Waals surface area contributed by atoms with Gasteiger partial charge < -0.3 is 20.4 Å². The maximum absolute atomic E-state index is 12.0. The molecule has 0 bridgehead atoms. The normalized spacial score (nSPS) is 15.5. The Morgan fingerprint density at radius 1 is 1.21 bits per heavy atom. The van der Waals surface area contributed by atoms with Crippen LogP contribution in [0.25, 0.3) is 0 Å². The maximum atomic E-state index is 12.0. The molecule has 3 N–H and O–H groups in total. The van der Waals surface area contributed by atoms with Gasteiger partial charge in [0.25, 0.3) is 5.91 Å². The Balaban J connectivity index is 1.93. The average Bonchev–Trinajstić information content (AvgIpc) is 2.84. The molecule has 1 fully saturated rings. The molecule has 19 heavy (non-hydrogen) atoms. The fraction of sp³-hybridized carbons (Fsp3) is 0.600. The average molecular weight is 267 g/mol. The molecular weight excluding hydrogens is 250 g/mol. The van der Waals surface area contributed by atoms with Crippen molar-refractivity contribution in [2.45, 2.75) is 0 Å². The number of piperazine rings is 1. The van der Waals surface area contributed by atoms with Crippen molar-refractivity contribution in [3.63, 3.8) is 0 Å². The van der Waals surface area contributed by atoms with Crippen LogP contribution in [0.1, 0.15) is 10.6 Å². The van der Waals surface area contributed by atoms with Crippen LogP contribution in [0.5, 0.6) is 0 Å². The highest BCUT2D eigenvalue weighted by molar-refractivity contribution is 5.90. The van der Waals surface area contributed by atoms with Gasteiger partial charge in [0, 0.05) is 40.3 Å². The topological polar surface area (TPSA) is 111 Å². The van der Waals surface area contributed by atoms with E-state index in [1.165, 1.54) is 4.90 Å². The number of nitrogens with one attached hydrogen (secondary N) is 1. The molecule has 0 unspecified atom stereocenters. The van der Waals surface area contributed by atoms with Crippen LogP contribution in [0.4, 0.5) is 10.7 Å². The van der Waals surface area contributed by atoms with Gasteiger partial charge in [0.15, 0.2) is 0 Å². The number of nitrogens with zero attached hydrogens (tertiary/aromatic N) is 5. The fourth-order valence-electron chi connectivity index (χ4n) is 1.90. The number of carbonyl (C=O) groups excluding carboxylic acids is 2. The van der Waals surface area contributed by atoms with E-state index >= 15 is 0 Å². The summed E-state index contributed by atoms with van der Waals surface area (Å²) in [5.41, 5.74) is 5.36. The maximum Gasteiger partial charge on any atom is 0.319 e. The van der Waals surface area contributed by atoms with Crippen molar-refractivity contribution < 1.29 is 9.59 Å². The zero-order valence-electron chi connectivity index (χ0n) is 11.0. The van der Waals surface area contributed by atoms with Crippen molar-refractivity contribution in [1.82, 2.24) is 29.9 Å². The molecule has 0 aliphatic carbocycles. The molecule has 1 aliphatic heterocycles. The molecule has 1 aromatic heterocycles. The Bertz CT molecular complexity index is 476. The van der Waals surface area contributed by atoms with Crippen molar-refractivity contribution in [2.75, 3.05) is 46.0 Å². The van der Waals surface area contributed by atoms with E-state index in [0.29, 0.717) is 26.2 Å². The summed E-state index contributed by atoms with van der Waals surface area (Å²) in [6.45, 7) is 1.96. The molecule has 1 saturated heterocycles. The molecule has 2 heterocycles. The second kappa shape index (κ2) is 5.12. The lowest BCUT2D eigenvalue weighted by Gasteiger charge is -2.35. The summed E-state index contributed by atoms with van der Waals surface area (Å²) >= 11 is 0. The molecule has 1 aliphatic rings. The summed E-state index contributed by atoms with van der Waals surface area (Å²) in [5, 5.41) is 6.11. The molecule has 9 nitrogen and oxygen atoms in total. The number of H-pyrrole nitrogens is 1. The van der Waals surface area contributed by atoms with Crippen LogP contribution in [0, 0.1) is 0 Å². The van der Waals surface area contributed by atoms with Crippen LogP contribution < -0.4 is 5.73 Å². The first-order chi connectivity index (χ1) is 8.99. The second-order valence-corrected chi connectivity index (χ2v) is 4.50. The first-order valence-corrected chi connectivity index (χ1v) is 5.92. The molecule has 104 valence electrons. The monoisotopic (exact) mass is 267 g/mol. The Labute approximate surface area is 110 Å². The second-order valence-electron chi connectivity index (χ2n) is 4.50. The van der Waals surface area contributed by atoms with E-state index < -0.39 is 0 Å². The SMILES string of the molecule is CN(C)C(=O)N1CCN(C(=O)c2nc(N)n[nH]2)CC1. The summed E-state index contributed by atoms with van der Waals surface area (Å²) in [5.74, 6) is -0.0733.